The molecule has 3 nitrogen and oxygen atoms in total. The van der Waals surface area contributed by atoms with E-state index in [4.69, 9.17) is 5.11 Å². The van der Waals surface area contributed by atoms with Gasteiger partial charge in [-0.25, -0.2) is 0 Å². The minimum atomic E-state index is -0.697. The fraction of sp³-hybridized carbons (Fsp3) is 0.909. The molecule has 1 saturated carbocycles. The van der Waals surface area contributed by atoms with Crippen LogP contribution in [0.15, 0.2) is 0 Å². The van der Waals surface area contributed by atoms with Crippen LogP contribution >= 0.6 is 0 Å². The highest BCUT2D eigenvalue weighted by Crippen LogP contribution is 2.23. The van der Waals surface area contributed by atoms with Crippen LogP contribution in [0, 0.1) is 0 Å². The first kappa shape index (κ1) is 11.5. The Kier molecular flexibility index (Phi) is 4.39. The van der Waals surface area contributed by atoms with Gasteiger partial charge < -0.3 is 5.11 Å². The predicted molar refractivity (Wildman–Crippen MR) is 56.4 cm³/mol. The molecule has 0 aromatic rings. The molecule has 0 saturated heterocycles. The van der Waals surface area contributed by atoms with Gasteiger partial charge in [0.05, 0.1) is 0 Å². The Morgan fingerprint density at radius 1 is 1.43 bits per heavy atom. The number of nitrogens with zero attached hydrogens (tertiary/aromatic N) is 1. The summed E-state index contributed by atoms with van der Waals surface area (Å²) in [6.45, 7) is 4.69. The number of hydrogen-bond acceptors (Lipinski definition) is 2. The summed E-state index contributed by atoms with van der Waals surface area (Å²) in [6.07, 6.45) is 6.17. The summed E-state index contributed by atoms with van der Waals surface area (Å²) in [4.78, 5) is 13.0. The van der Waals surface area contributed by atoms with Crippen molar-refractivity contribution in [1.82, 2.24) is 4.90 Å². The van der Waals surface area contributed by atoms with Crippen LogP contribution in [-0.2, 0) is 4.79 Å². The first-order valence-electron chi connectivity index (χ1n) is 5.65. The first-order valence-corrected chi connectivity index (χ1v) is 5.65. The average molecular weight is 199 g/mol. The molecule has 0 radical (unpaired) electrons. The van der Waals surface area contributed by atoms with Crippen LogP contribution in [0.2, 0.25) is 0 Å². The van der Waals surface area contributed by atoms with Crippen molar-refractivity contribution in [2.75, 3.05) is 6.54 Å². The van der Waals surface area contributed by atoms with Crippen molar-refractivity contribution < 1.29 is 9.90 Å². The Labute approximate surface area is 86.1 Å². The van der Waals surface area contributed by atoms with E-state index in [-0.39, 0.29) is 6.04 Å². The van der Waals surface area contributed by atoms with Gasteiger partial charge in [-0.1, -0.05) is 26.2 Å². The third-order valence-corrected chi connectivity index (χ3v) is 3.26. The Hall–Kier alpha value is -0.570. The second kappa shape index (κ2) is 5.35. The second-order valence-electron chi connectivity index (χ2n) is 4.14. The molecule has 14 heavy (non-hydrogen) atoms. The van der Waals surface area contributed by atoms with Gasteiger partial charge in [-0.2, -0.15) is 0 Å². The van der Waals surface area contributed by atoms with Gasteiger partial charge in [0.2, 0.25) is 0 Å². The number of carbonyl (C=O) groups is 1. The molecule has 0 spiro atoms. The van der Waals surface area contributed by atoms with Crippen LogP contribution in [0.1, 0.15) is 46.0 Å². The van der Waals surface area contributed by atoms with E-state index >= 15 is 0 Å². The lowest BCUT2D eigenvalue weighted by Crippen LogP contribution is -2.46. The van der Waals surface area contributed by atoms with E-state index in [1.807, 2.05) is 6.92 Å². The van der Waals surface area contributed by atoms with Crippen molar-refractivity contribution in [3.8, 4) is 0 Å². The first-order chi connectivity index (χ1) is 6.66. The molecule has 0 aromatic carbocycles. The fourth-order valence-corrected chi connectivity index (χ4v) is 2.40. The van der Waals surface area contributed by atoms with Gasteiger partial charge in [0.25, 0.3) is 0 Å². The summed E-state index contributed by atoms with van der Waals surface area (Å²) in [5, 5.41) is 8.97. The summed E-state index contributed by atoms with van der Waals surface area (Å²) < 4.78 is 0. The molecule has 0 aromatic heterocycles. The average Bonchev–Trinajstić information content (AvgIpc) is 2.20. The lowest BCUT2D eigenvalue weighted by molar-refractivity contribution is -0.143. The molecule has 1 N–H and O–H groups in total. The third kappa shape index (κ3) is 2.71. The summed E-state index contributed by atoms with van der Waals surface area (Å²) in [5.74, 6) is -0.697. The molecular weight excluding hydrogens is 178 g/mol. The molecule has 0 aliphatic heterocycles. The van der Waals surface area contributed by atoms with Crippen LogP contribution < -0.4 is 0 Å². The molecule has 0 heterocycles. The van der Waals surface area contributed by atoms with E-state index in [1.165, 1.54) is 32.1 Å². The van der Waals surface area contributed by atoms with Gasteiger partial charge in [0, 0.05) is 6.04 Å². The van der Waals surface area contributed by atoms with Gasteiger partial charge in [0.1, 0.15) is 6.04 Å². The van der Waals surface area contributed by atoms with E-state index in [2.05, 4.69) is 4.90 Å². The number of rotatable bonds is 4. The number of aliphatic carboxylic acids is 1. The van der Waals surface area contributed by atoms with Crippen LogP contribution in [0.25, 0.3) is 0 Å². The highest BCUT2D eigenvalue weighted by molar-refractivity contribution is 5.72. The summed E-state index contributed by atoms with van der Waals surface area (Å²) in [7, 11) is 0. The fourth-order valence-electron chi connectivity index (χ4n) is 2.40. The Morgan fingerprint density at radius 2 is 2.00 bits per heavy atom. The van der Waals surface area contributed by atoms with E-state index in [0.717, 1.165) is 6.54 Å². The molecule has 82 valence electrons. The smallest absolute Gasteiger partial charge is 0.320 e. The van der Waals surface area contributed by atoms with Crippen LogP contribution in [0.4, 0.5) is 0 Å². The molecule has 1 aliphatic rings. The van der Waals surface area contributed by atoms with Crippen molar-refractivity contribution in [3.63, 3.8) is 0 Å². The topological polar surface area (TPSA) is 40.5 Å². The van der Waals surface area contributed by atoms with E-state index in [0.29, 0.717) is 6.04 Å². The van der Waals surface area contributed by atoms with Crippen molar-refractivity contribution in [3.05, 3.63) is 0 Å². The zero-order valence-electron chi connectivity index (χ0n) is 9.20. The summed E-state index contributed by atoms with van der Waals surface area (Å²) in [5.41, 5.74) is 0. The van der Waals surface area contributed by atoms with Crippen molar-refractivity contribution >= 4 is 5.97 Å². The van der Waals surface area contributed by atoms with Gasteiger partial charge in [-0.05, 0) is 26.3 Å². The molecule has 1 rings (SSSR count). The molecule has 1 aliphatic carbocycles. The molecule has 1 unspecified atom stereocenters. The number of likely N-dealkylation sites (N-methyl/N-ethyl adjacent to an activating group) is 1. The minimum Gasteiger partial charge on any atom is -0.480 e. The van der Waals surface area contributed by atoms with E-state index in [9.17, 15) is 4.79 Å². The van der Waals surface area contributed by atoms with Crippen LogP contribution in [0.5, 0.6) is 0 Å². The Bertz CT molecular complexity index is 188. The van der Waals surface area contributed by atoms with Crippen molar-refractivity contribution in [1.29, 1.82) is 0 Å². The van der Waals surface area contributed by atoms with Crippen molar-refractivity contribution in [2.24, 2.45) is 0 Å². The summed E-state index contributed by atoms with van der Waals surface area (Å²) in [6, 6.07) is 0.169. The Balaban J connectivity index is 2.55. The maximum absolute atomic E-state index is 10.9. The molecule has 0 bridgehead atoms. The van der Waals surface area contributed by atoms with Crippen molar-refractivity contribution in [2.45, 2.75) is 58.0 Å². The van der Waals surface area contributed by atoms with E-state index in [1.54, 1.807) is 6.92 Å². The van der Waals surface area contributed by atoms with Crippen LogP contribution in [-0.4, -0.2) is 34.6 Å². The zero-order chi connectivity index (χ0) is 10.6. The second-order valence-corrected chi connectivity index (χ2v) is 4.14. The number of carboxylic acid groups (broad SMARTS) is 1. The van der Waals surface area contributed by atoms with Gasteiger partial charge in [-0.3, -0.25) is 9.69 Å². The van der Waals surface area contributed by atoms with E-state index < -0.39 is 5.97 Å². The highest BCUT2D eigenvalue weighted by Gasteiger charge is 2.27. The lowest BCUT2D eigenvalue weighted by Gasteiger charge is -2.35. The third-order valence-electron chi connectivity index (χ3n) is 3.26. The molecule has 1 atom stereocenters. The number of hydrogen-bond donors (Lipinski definition) is 1. The summed E-state index contributed by atoms with van der Waals surface area (Å²) >= 11 is 0. The van der Waals surface area contributed by atoms with Gasteiger partial charge in [-0.15, -0.1) is 0 Å². The standard InChI is InChI=1S/C11H21NO2/c1-3-12(9(2)11(13)14)10-7-5-4-6-8-10/h9-10H,3-8H2,1-2H3,(H,13,14). The molecule has 3 heteroatoms. The molecule has 1 fully saturated rings. The normalized spacial score (nSPS) is 21.1. The largest absolute Gasteiger partial charge is 0.480 e. The quantitative estimate of drug-likeness (QED) is 0.754. The Morgan fingerprint density at radius 3 is 2.43 bits per heavy atom. The molecular formula is C11H21NO2. The monoisotopic (exact) mass is 199 g/mol. The lowest BCUT2D eigenvalue weighted by atomic mass is 9.93. The predicted octanol–water partition coefficient (Wildman–Crippen LogP) is 2.11. The SMILES string of the molecule is CCN(C1CCCCC1)C(C)C(=O)O. The minimum absolute atomic E-state index is 0.330. The van der Waals surface area contributed by atoms with Gasteiger partial charge in [0.15, 0.2) is 0 Å². The molecule has 0 amide bonds. The zero-order valence-corrected chi connectivity index (χ0v) is 9.20. The maximum Gasteiger partial charge on any atom is 0.320 e. The highest BCUT2D eigenvalue weighted by atomic mass is 16.4. The maximum atomic E-state index is 10.9. The number of carboxylic acids is 1. The van der Waals surface area contributed by atoms with Crippen LogP contribution in [0.3, 0.4) is 0 Å². The van der Waals surface area contributed by atoms with Gasteiger partial charge >= 0.3 is 5.97 Å².